The molecule has 2 unspecified atom stereocenters. The number of amides is 1. The summed E-state index contributed by atoms with van der Waals surface area (Å²) in [7, 11) is -3.59. The van der Waals surface area contributed by atoms with E-state index in [0.29, 0.717) is 31.6 Å². The van der Waals surface area contributed by atoms with Gasteiger partial charge in [-0.2, -0.15) is 0 Å². The quantitative estimate of drug-likeness (QED) is 0.663. The fraction of sp³-hybridized carbons (Fsp3) is 0.706. The number of allylic oxidation sites excluding steroid dienone is 1. The van der Waals surface area contributed by atoms with Crippen molar-refractivity contribution in [2.45, 2.75) is 57.0 Å². The van der Waals surface area contributed by atoms with E-state index in [-0.39, 0.29) is 6.61 Å². The molecule has 0 radical (unpaired) electrons. The van der Waals surface area contributed by atoms with Gasteiger partial charge in [0.2, 0.25) is 5.91 Å². The van der Waals surface area contributed by atoms with E-state index < -0.39 is 44.1 Å². The normalized spacial score (nSPS) is 36.2. The first kappa shape index (κ1) is 20.0. The molecule has 4 rings (SSSR count). The van der Waals surface area contributed by atoms with Crippen LogP contribution < -0.4 is 5.73 Å². The number of nitrogens with two attached hydrogens (primary N) is 1. The summed E-state index contributed by atoms with van der Waals surface area (Å²) < 4.78 is 46.3. The number of nitrogens with zero attached hydrogens (tertiary/aromatic N) is 1. The Morgan fingerprint density at radius 3 is 2.75 bits per heavy atom. The summed E-state index contributed by atoms with van der Waals surface area (Å²) in [6, 6.07) is 0. The fourth-order valence-corrected chi connectivity index (χ4v) is 4.88. The molecule has 10 nitrogen and oxygen atoms in total. The van der Waals surface area contributed by atoms with Crippen molar-refractivity contribution in [3.63, 3.8) is 0 Å². The van der Waals surface area contributed by atoms with Gasteiger partial charge in [0.25, 0.3) is 0 Å². The number of carbonyl (C=O) groups excluding carboxylic acids is 1. The zero-order valence-corrected chi connectivity index (χ0v) is 16.7. The third-order valence-corrected chi connectivity index (χ3v) is 6.30. The van der Waals surface area contributed by atoms with Gasteiger partial charge in [-0.15, -0.1) is 0 Å². The predicted octanol–water partition coefficient (Wildman–Crippen LogP) is 1.38. The molecule has 11 heteroatoms. The molecule has 3 fully saturated rings. The van der Waals surface area contributed by atoms with Crippen LogP contribution in [-0.4, -0.2) is 61.0 Å². The summed E-state index contributed by atoms with van der Waals surface area (Å²) in [5, 5.41) is 0. The highest BCUT2D eigenvalue weighted by atomic mass is 31.2. The SMILES string of the molecule is CC1(C)OC2[C@H](O1)C(COP1(=O)OCCCO1)O[C@H]2N1C=CCC(C(N)=O)=C1. The molecule has 4 aliphatic heterocycles. The maximum atomic E-state index is 12.4. The van der Waals surface area contributed by atoms with Crippen molar-refractivity contribution in [3.05, 3.63) is 24.0 Å². The van der Waals surface area contributed by atoms with Crippen molar-refractivity contribution in [1.29, 1.82) is 0 Å². The molecule has 0 aromatic carbocycles. The van der Waals surface area contributed by atoms with E-state index in [4.69, 9.17) is 33.5 Å². The number of carbonyl (C=O) groups is 1. The molecular weight excluding hydrogens is 391 g/mol. The van der Waals surface area contributed by atoms with Crippen LogP contribution in [0.5, 0.6) is 0 Å². The minimum absolute atomic E-state index is 0.0433. The zero-order valence-electron chi connectivity index (χ0n) is 15.8. The van der Waals surface area contributed by atoms with E-state index >= 15 is 0 Å². The Labute approximate surface area is 163 Å². The Hall–Kier alpha value is -1.26. The highest BCUT2D eigenvalue weighted by molar-refractivity contribution is 7.48. The van der Waals surface area contributed by atoms with E-state index in [1.165, 1.54) is 0 Å². The van der Waals surface area contributed by atoms with Gasteiger partial charge in [-0.25, -0.2) is 4.57 Å². The lowest BCUT2D eigenvalue weighted by atomic mass is 10.1. The Morgan fingerprint density at radius 2 is 2.04 bits per heavy atom. The Balaban J connectivity index is 1.49. The van der Waals surface area contributed by atoms with E-state index in [0.717, 1.165) is 0 Å². The highest BCUT2D eigenvalue weighted by Crippen LogP contribution is 2.52. The van der Waals surface area contributed by atoms with Gasteiger partial charge in [-0.1, -0.05) is 6.08 Å². The van der Waals surface area contributed by atoms with Gasteiger partial charge in [0, 0.05) is 18.0 Å². The Bertz CT molecular complexity index is 729. The van der Waals surface area contributed by atoms with Gasteiger partial charge < -0.3 is 24.8 Å². The molecule has 1 amide bonds. The molecule has 0 aromatic heterocycles. The molecule has 4 heterocycles. The number of phosphoric acid groups is 1. The third-order valence-electron chi connectivity index (χ3n) is 4.84. The van der Waals surface area contributed by atoms with Crippen LogP contribution in [0.15, 0.2) is 24.0 Å². The summed E-state index contributed by atoms with van der Waals surface area (Å²) in [6.07, 6.45) is 4.41. The van der Waals surface area contributed by atoms with Gasteiger partial charge in [0.05, 0.1) is 19.8 Å². The summed E-state index contributed by atoms with van der Waals surface area (Å²) in [5.74, 6) is -1.30. The van der Waals surface area contributed by atoms with Crippen molar-refractivity contribution >= 4 is 13.7 Å². The van der Waals surface area contributed by atoms with Crippen molar-refractivity contribution in [1.82, 2.24) is 4.90 Å². The zero-order chi connectivity index (χ0) is 19.9. The number of primary amides is 1. The van der Waals surface area contributed by atoms with Gasteiger partial charge in [0.1, 0.15) is 18.3 Å². The van der Waals surface area contributed by atoms with Crippen LogP contribution in [-0.2, 0) is 37.1 Å². The topological polar surface area (TPSA) is 119 Å². The average Bonchev–Trinajstić information content (AvgIpc) is 3.14. The van der Waals surface area contributed by atoms with Crippen molar-refractivity contribution in [2.75, 3.05) is 19.8 Å². The summed E-state index contributed by atoms with van der Waals surface area (Å²) in [6.45, 7) is 4.23. The lowest BCUT2D eigenvalue weighted by Crippen LogP contribution is -2.40. The van der Waals surface area contributed by atoms with Crippen LogP contribution in [0, 0.1) is 0 Å². The number of ether oxygens (including phenoxy) is 3. The van der Waals surface area contributed by atoms with Crippen molar-refractivity contribution < 1.29 is 37.1 Å². The van der Waals surface area contributed by atoms with Crippen LogP contribution in [0.4, 0.5) is 0 Å². The maximum absolute atomic E-state index is 12.4. The first-order valence-corrected chi connectivity index (χ1v) is 10.7. The van der Waals surface area contributed by atoms with E-state index in [2.05, 4.69) is 0 Å². The fourth-order valence-electron chi connectivity index (χ4n) is 3.62. The first-order chi connectivity index (χ1) is 13.3. The van der Waals surface area contributed by atoms with Gasteiger partial charge in [0.15, 0.2) is 12.0 Å². The second-order valence-electron chi connectivity index (χ2n) is 7.45. The second kappa shape index (κ2) is 7.53. The number of hydrogen-bond donors (Lipinski definition) is 1. The smallest absolute Gasteiger partial charge is 0.366 e. The molecule has 0 bridgehead atoms. The van der Waals surface area contributed by atoms with Gasteiger partial charge >= 0.3 is 7.82 Å². The highest BCUT2D eigenvalue weighted by Gasteiger charge is 2.57. The van der Waals surface area contributed by atoms with Gasteiger partial charge in [-0.05, 0) is 26.7 Å². The Morgan fingerprint density at radius 1 is 1.32 bits per heavy atom. The first-order valence-electron chi connectivity index (χ1n) is 9.26. The maximum Gasteiger partial charge on any atom is 0.474 e. The molecule has 0 saturated carbocycles. The van der Waals surface area contributed by atoms with Crippen molar-refractivity contribution in [3.8, 4) is 0 Å². The standard InChI is InChI=1S/C17H25N2O8P/c1-17(2)26-13-12(10-24-28(21)22-7-4-8-23-28)25-16(14(13)27-17)19-6-3-5-11(9-19)15(18)20/h3,6,9,12-14,16H,4-5,7-8,10H2,1-2H3,(H2,18,20)/t12?,13-,14?,16-/m1/s1. The minimum atomic E-state index is -3.59. The number of phosphoric ester groups is 1. The van der Waals surface area contributed by atoms with Crippen LogP contribution in [0.2, 0.25) is 0 Å². The van der Waals surface area contributed by atoms with Crippen LogP contribution >= 0.6 is 7.82 Å². The largest absolute Gasteiger partial charge is 0.474 e. The molecule has 0 aromatic rings. The summed E-state index contributed by atoms with van der Waals surface area (Å²) in [4.78, 5) is 13.3. The molecule has 28 heavy (non-hydrogen) atoms. The van der Waals surface area contributed by atoms with Gasteiger partial charge in [-0.3, -0.25) is 18.4 Å². The van der Waals surface area contributed by atoms with Crippen LogP contribution in [0.1, 0.15) is 26.7 Å². The van der Waals surface area contributed by atoms with Crippen LogP contribution in [0.25, 0.3) is 0 Å². The molecular formula is C17H25N2O8P. The molecule has 156 valence electrons. The number of rotatable bonds is 5. The molecule has 4 aliphatic rings. The molecule has 3 saturated heterocycles. The number of fused-ring (bicyclic) bond motifs is 1. The number of hydrogen-bond acceptors (Lipinski definition) is 9. The second-order valence-corrected chi connectivity index (χ2v) is 9.12. The lowest BCUT2D eigenvalue weighted by Gasteiger charge is -2.31. The lowest BCUT2D eigenvalue weighted by molar-refractivity contribution is -0.201. The Kier molecular flexibility index (Phi) is 5.39. The minimum Gasteiger partial charge on any atom is -0.366 e. The molecule has 0 aliphatic carbocycles. The van der Waals surface area contributed by atoms with E-state index in [1.807, 2.05) is 26.1 Å². The average molecular weight is 416 g/mol. The molecule has 4 atom stereocenters. The van der Waals surface area contributed by atoms with E-state index in [9.17, 15) is 9.36 Å². The van der Waals surface area contributed by atoms with Crippen LogP contribution in [0.3, 0.4) is 0 Å². The summed E-state index contributed by atoms with van der Waals surface area (Å²) in [5.41, 5.74) is 5.87. The monoisotopic (exact) mass is 416 g/mol. The molecule has 0 spiro atoms. The van der Waals surface area contributed by atoms with E-state index in [1.54, 1.807) is 11.1 Å². The predicted molar refractivity (Wildman–Crippen MR) is 95.4 cm³/mol. The molecule has 2 N–H and O–H groups in total. The van der Waals surface area contributed by atoms with Crippen molar-refractivity contribution in [2.24, 2.45) is 5.73 Å². The summed E-state index contributed by atoms with van der Waals surface area (Å²) >= 11 is 0. The third kappa shape index (κ3) is 4.04.